The normalized spacial score (nSPS) is 20.3. The van der Waals surface area contributed by atoms with Crippen molar-refractivity contribution in [1.82, 2.24) is 24.8 Å². The van der Waals surface area contributed by atoms with Crippen molar-refractivity contribution < 1.29 is 5.11 Å². The van der Waals surface area contributed by atoms with Gasteiger partial charge in [0, 0.05) is 67.4 Å². The first kappa shape index (κ1) is 27.4. The number of imidazole rings is 1. The van der Waals surface area contributed by atoms with Gasteiger partial charge in [0.05, 0.1) is 10.6 Å². The number of halogens is 2. The number of aromatic nitrogens is 3. The van der Waals surface area contributed by atoms with Crippen molar-refractivity contribution in [3.05, 3.63) is 64.0 Å². The second-order valence-electron chi connectivity index (χ2n) is 11.1. The average molecular weight is 558 g/mol. The predicted molar refractivity (Wildman–Crippen MR) is 155 cm³/mol. The van der Waals surface area contributed by atoms with Gasteiger partial charge in [-0.3, -0.25) is 9.80 Å². The van der Waals surface area contributed by atoms with Gasteiger partial charge in [-0.1, -0.05) is 36.2 Å². The molecule has 2 aliphatic rings. The Labute approximate surface area is 235 Å². The standard InChI is InChI=1S/C29H38Cl2N6O/c1-4-23-19-36(28-26(31)15-21(17-34-28)27-32-9-10-33-27)13-14-37(23)24-7-11-35(12-8-24)18-20-5-6-22(30)16-25(20)29(2,3)38/h5-6,9-10,15-17,23-24,38H,4,7-8,11-14,18-19H2,1-3H3,(H,32,33)/t23-/m0/s1. The maximum absolute atomic E-state index is 10.7. The van der Waals surface area contributed by atoms with E-state index in [2.05, 4.69) is 37.7 Å². The Hall–Kier alpha value is -2.16. The Morgan fingerprint density at radius 1 is 1.08 bits per heavy atom. The van der Waals surface area contributed by atoms with Crippen LogP contribution in [0.15, 0.2) is 42.9 Å². The van der Waals surface area contributed by atoms with Crippen LogP contribution in [0.5, 0.6) is 0 Å². The summed E-state index contributed by atoms with van der Waals surface area (Å²) < 4.78 is 0. The van der Waals surface area contributed by atoms with E-state index >= 15 is 0 Å². The lowest BCUT2D eigenvalue weighted by Gasteiger charge is -2.48. The fraction of sp³-hybridized carbons (Fsp3) is 0.517. The Morgan fingerprint density at radius 2 is 1.87 bits per heavy atom. The quantitative estimate of drug-likeness (QED) is 0.396. The van der Waals surface area contributed by atoms with Crippen molar-refractivity contribution >= 4 is 29.0 Å². The number of piperidine rings is 1. The minimum absolute atomic E-state index is 0.473. The van der Waals surface area contributed by atoms with Gasteiger partial charge in [0.1, 0.15) is 11.6 Å². The van der Waals surface area contributed by atoms with E-state index in [0.717, 1.165) is 86.9 Å². The van der Waals surface area contributed by atoms with Crippen molar-refractivity contribution in [2.75, 3.05) is 37.6 Å². The third-order valence-electron chi connectivity index (χ3n) is 8.04. The van der Waals surface area contributed by atoms with Crippen molar-refractivity contribution in [3.63, 3.8) is 0 Å². The second-order valence-corrected chi connectivity index (χ2v) is 11.9. The van der Waals surface area contributed by atoms with Crippen LogP contribution in [0.2, 0.25) is 10.0 Å². The Balaban J connectivity index is 1.19. The summed E-state index contributed by atoms with van der Waals surface area (Å²) in [6.07, 6.45) is 8.79. The number of hydrogen-bond acceptors (Lipinski definition) is 6. The predicted octanol–water partition coefficient (Wildman–Crippen LogP) is 5.57. The highest BCUT2D eigenvalue weighted by Gasteiger charge is 2.34. The smallest absolute Gasteiger partial charge is 0.147 e. The first-order valence-corrected chi connectivity index (χ1v) is 14.4. The molecule has 0 spiro atoms. The third-order valence-corrected chi connectivity index (χ3v) is 8.56. The number of benzene rings is 1. The van der Waals surface area contributed by atoms with Gasteiger partial charge in [0.2, 0.25) is 0 Å². The maximum atomic E-state index is 10.7. The first-order valence-electron chi connectivity index (χ1n) is 13.6. The second kappa shape index (κ2) is 11.5. The molecule has 0 bridgehead atoms. The molecule has 4 heterocycles. The van der Waals surface area contributed by atoms with Gasteiger partial charge >= 0.3 is 0 Å². The molecule has 204 valence electrons. The number of anilines is 1. The van der Waals surface area contributed by atoms with Gasteiger partial charge in [-0.25, -0.2) is 9.97 Å². The third kappa shape index (κ3) is 6.02. The van der Waals surface area contributed by atoms with Crippen molar-refractivity contribution in [2.24, 2.45) is 0 Å². The number of hydrogen-bond donors (Lipinski definition) is 2. The van der Waals surface area contributed by atoms with Crippen molar-refractivity contribution in [1.29, 1.82) is 0 Å². The van der Waals surface area contributed by atoms with Crippen LogP contribution in [0.3, 0.4) is 0 Å². The number of rotatable bonds is 7. The number of H-pyrrole nitrogens is 1. The topological polar surface area (TPSA) is 71.5 Å². The molecule has 0 unspecified atom stereocenters. The van der Waals surface area contributed by atoms with Gasteiger partial charge in [-0.05, 0) is 75.5 Å². The molecule has 2 fully saturated rings. The highest BCUT2D eigenvalue weighted by Crippen LogP contribution is 2.32. The molecule has 0 saturated carbocycles. The minimum atomic E-state index is -0.913. The Bertz CT molecular complexity index is 1220. The van der Waals surface area contributed by atoms with E-state index in [1.54, 1.807) is 12.4 Å². The van der Waals surface area contributed by atoms with E-state index in [1.165, 1.54) is 0 Å². The molecule has 1 atom stereocenters. The monoisotopic (exact) mass is 556 g/mol. The fourth-order valence-corrected chi connectivity index (χ4v) is 6.49. The van der Waals surface area contributed by atoms with Gasteiger partial charge in [-0.2, -0.15) is 0 Å². The lowest BCUT2D eigenvalue weighted by atomic mass is 9.92. The SMILES string of the molecule is CC[C@H]1CN(c2ncc(-c3ncc[nH]3)cc2Cl)CCN1C1CCN(Cc2ccc(Cl)cc2C(C)(C)O)CC1. The highest BCUT2D eigenvalue weighted by molar-refractivity contribution is 6.33. The summed E-state index contributed by atoms with van der Waals surface area (Å²) in [6.45, 7) is 11.8. The summed E-state index contributed by atoms with van der Waals surface area (Å²) >= 11 is 12.9. The molecule has 2 saturated heterocycles. The number of piperazine rings is 1. The van der Waals surface area contributed by atoms with Gasteiger partial charge < -0.3 is 15.0 Å². The molecule has 2 aliphatic heterocycles. The zero-order chi connectivity index (χ0) is 26.9. The largest absolute Gasteiger partial charge is 0.386 e. The summed E-state index contributed by atoms with van der Waals surface area (Å²) in [5, 5.41) is 12.0. The molecule has 0 aliphatic carbocycles. The average Bonchev–Trinajstić information content (AvgIpc) is 3.44. The molecular weight excluding hydrogens is 519 g/mol. The van der Waals surface area contributed by atoms with Crippen LogP contribution in [0.4, 0.5) is 5.82 Å². The zero-order valence-electron chi connectivity index (χ0n) is 22.5. The lowest BCUT2D eigenvalue weighted by Crippen LogP contribution is -2.58. The number of nitrogens with zero attached hydrogens (tertiary/aromatic N) is 5. The van der Waals surface area contributed by atoms with E-state index in [-0.39, 0.29) is 0 Å². The van der Waals surface area contributed by atoms with Crippen LogP contribution in [0.1, 0.15) is 51.2 Å². The number of nitrogens with one attached hydrogen (secondary N) is 1. The molecular formula is C29H38Cl2N6O. The maximum Gasteiger partial charge on any atom is 0.147 e. The molecule has 9 heteroatoms. The Morgan fingerprint density at radius 3 is 2.53 bits per heavy atom. The molecule has 2 aromatic heterocycles. The van der Waals surface area contributed by atoms with Crippen LogP contribution >= 0.6 is 23.2 Å². The molecule has 0 amide bonds. The van der Waals surface area contributed by atoms with Gasteiger partial charge in [-0.15, -0.1) is 0 Å². The summed E-state index contributed by atoms with van der Waals surface area (Å²) in [6, 6.07) is 8.91. The van der Waals surface area contributed by atoms with E-state index < -0.39 is 5.60 Å². The molecule has 1 aromatic carbocycles. The molecule has 3 aromatic rings. The summed E-state index contributed by atoms with van der Waals surface area (Å²) in [5.74, 6) is 1.64. The first-order chi connectivity index (χ1) is 18.2. The summed E-state index contributed by atoms with van der Waals surface area (Å²) in [5.41, 5.74) is 2.06. The van der Waals surface area contributed by atoms with Crippen molar-refractivity contribution in [3.8, 4) is 11.4 Å². The van der Waals surface area contributed by atoms with Crippen LogP contribution in [-0.4, -0.2) is 74.7 Å². The molecule has 5 rings (SSSR count). The number of likely N-dealkylation sites (tertiary alicyclic amines) is 1. The van der Waals surface area contributed by atoms with Crippen LogP contribution in [0, 0.1) is 0 Å². The van der Waals surface area contributed by atoms with Crippen molar-refractivity contribution in [2.45, 2.75) is 64.3 Å². The summed E-state index contributed by atoms with van der Waals surface area (Å²) in [4.78, 5) is 19.7. The number of pyridine rings is 1. The van der Waals surface area contributed by atoms with Gasteiger partial charge in [0.15, 0.2) is 0 Å². The highest BCUT2D eigenvalue weighted by atomic mass is 35.5. The number of aromatic amines is 1. The molecule has 38 heavy (non-hydrogen) atoms. The molecule has 0 radical (unpaired) electrons. The molecule has 2 N–H and O–H groups in total. The van der Waals surface area contributed by atoms with Crippen LogP contribution in [-0.2, 0) is 12.1 Å². The van der Waals surface area contributed by atoms with Gasteiger partial charge in [0.25, 0.3) is 0 Å². The number of aliphatic hydroxyl groups is 1. The van der Waals surface area contributed by atoms with E-state index in [1.807, 2.05) is 38.2 Å². The summed E-state index contributed by atoms with van der Waals surface area (Å²) in [7, 11) is 0. The molecule has 7 nitrogen and oxygen atoms in total. The van der Waals surface area contributed by atoms with E-state index in [9.17, 15) is 5.11 Å². The Kier molecular flexibility index (Phi) is 8.31. The fourth-order valence-electron chi connectivity index (χ4n) is 6.03. The van der Waals surface area contributed by atoms with E-state index in [4.69, 9.17) is 28.2 Å². The van der Waals surface area contributed by atoms with Crippen LogP contribution in [0.25, 0.3) is 11.4 Å². The minimum Gasteiger partial charge on any atom is -0.386 e. The van der Waals surface area contributed by atoms with E-state index in [0.29, 0.717) is 22.1 Å². The van der Waals surface area contributed by atoms with Crippen LogP contribution < -0.4 is 4.90 Å². The lowest BCUT2D eigenvalue weighted by molar-refractivity contribution is 0.0584. The zero-order valence-corrected chi connectivity index (χ0v) is 24.0.